The molecule has 0 saturated heterocycles. The van der Waals surface area contributed by atoms with Crippen molar-refractivity contribution in [2.75, 3.05) is 13.1 Å². The molecule has 4 nitrogen and oxygen atoms in total. The van der Waals surface area contributed by atoms with E-state index in [-0.39, 0.29) is 0 Å². The van der Waals surface area contributed by atoms with Crippen LogP contribution in [0.2, 0.25) is 0 Å². The average Bonchev–Trinajstić information content (AvgIpc) is 3.14. The number of fused-ring (bicyclic) bond motifs is 1. The summed E-state index contributed by atoms with van der Waals surface area (Å²) >= 11 is 0. The van der Waals surface area contributed by atoms with Gasteiger partial charge in [-0.3, -0.25) is 0 Å². The van der Waals surface area contributed by atoms with Gasteiger partial charge in [0.25, 0.3) is 0 Å². The maximum Gasteiger partial charge on any atom is 0.177 e. The van der Waals surface area contributed by atoms with Crippen molar-refractivity contribution in [2.24, 2.45) is 7.05 Å². The molecular formula is C17H18N3O+. The second-order valence-electron chi connectivity index (χ2n) is 5.44. The van der Waals surface area contributed by atoms with Crippen molar-refractivity contribution in [2.45, 2.75) is 6.42 Å². The molecule has 0 fully saturated rings. The molecule has 0 amide bonds. The smallest absolute Gasteiger partial charge is 0.177 e. The van der Waals surface area contributed by atoms with Gasteiger partial charge in [-0.1, -0.05) is 12.1 Å². The summed E-state index contributed by atoms with van der Waals surface area (Å²) in [6.45, 7) is 2.17. The summed E-state index contributed by atoms with van der Waals surface area (Å²) in [6.07, 6.45) is 3.32. The number of quaternary nitrogens is 1. The SMILES string of the molecule is Cn1c(-c2ccc(C3=CC[NH2+]CC3)o2)nc2ccccc21. The topological polar surface area (TPSA) is 47.6 Å². The minimum atomic E-state index is 0.833. The quantitative estimate of drug-likeness (QED) is 0.782. The minimum absolute atomic E-state index is 0.833. The lowest BCUT2D eigenvalue weighted by Crippen LogP contribution is -2.84. The van der Waals surface area contributed by atoms with Crippen LogP contribution in [-0.4, -0.2) is 22.6 Å². The van der Waals surface area contributed by atoms with Gasteiger partial charge in [0.05, 0.1) is 24.1 Å². The Bertz CT molecular complexity index is 826. The molecule has 0 bridgehead atoms. The number of nitrogens with zero attached hydrogens (tertiary/aromatic N) is 2. The highest BCUT2D eigenvalue weighted by molar-refractivity contribution is 5.79. The fourth-order valence-corrected chi connectivity index (χ4v) is 2.92. The van der Waals surface area contributed by atoms with Crippen molar-refractivity contribution in [3.8, 4) is 11.6 Å². The van der Waals surface area contributed by atoms with E-state index in [2.05, 4.69) is 33.1 Å². The first-order chi connectivity index (χ1) is 10.3. The largest absolute Gasteiger partial charge is 0.453 e. The molecule has 3 heterocycles. The molecular weight excluding hydrogens is 262 g/mol. The summed E-state index contributed by atoms with van der Waals surface area (Å²) < 4.78 is 8.14. The summed E-state index contributed by atoms with van der Waals surface area (Å²) in [4.78, 5) is 4.68. The Kier molecular flexibility index (Phi) is 2.89. The van der Waals surface area contributed by atoms with Gasteiger partial charge in [0.1, 0.15) is 5.76 Å². The molecule has 4 heteroatoms. The second kappa shape index (κ2) is 4.90. The monoisotopic (exact) mass is 280 g/mol. The van der Waals surface area contributed by atoms with Crippen LogP contribution in [0.25, 0.3) is 28.2 Å². The van der Waals surface area contributed by atoms with Crippen molar-refractivity contribution in [3.63, 3.8) is 0 Å². The van der Waals surface area contributed by atoms with Crippen LogP contribution in [-0.2, 0) is 7.05 Å². The van der Waals surface area contributed by atoms with Crippen LogP contribution in [0, 0.1) is 0 Å². The third-order valence-electron chi connectivity index (χ3n) is 4.08. The lowest BCUT2D eigenvalue weighted by Gasteiger charge is -2.09. The Morgan fingerprint density at radius 3 is 2.81 bits per heavy atom. The van der Waals surface area contributed by atoms with Gasteiger partial charge in [-0.15, -0.1) is 0 Å². The first-order valence-corrected chi connectivity index (χ1v) is 7.35. The van der Waals surface area contributed by atoms with E-state index in [0.717, 1.165) is 47.9 Å². The predicted molar refractivity (Wildman–Crippen MR) is 82.7 cm³/mol. The van der Waals surface area contributed by atoms with Crippen LogP contribution in [0.5, 0.6) is 0 Å². The highest BCUT2D eigenvalue weighted by atomic mass is 16.3. The number of furan rings is 1. The predicted octanol–water partition coefficient (Wildman–Crippen LogP) is 2.18. The third-order valence-corrected chi connectivity index (χ3v) is 4.08. The molecule has 2 N–H and O–H groups in total. The van der Waals surface area contributed by atoms with E-state index in [4.69, 9.17) is 4.42 Å². The van der Waals surface area contributed by atoms with Gasteiger partial charge < -0.3 is 14.3 Å². The van der Waals surface area contributed by atoms with Crippen LogP contribution in [0.15, 0.2) is 46.9 Å². The lowest BCUT2D eigenvalue weighted by molar-refractivity contribution is -0.646. The second-order valence-corrected chi connectivity index (χ2v) is 5.44. The van der Waals surface area contributed by atoms with Crippen molar-refractivity contribution in [3.05, 3.63) is 48.2 Å². The lowest BCUT2D eigenvalue weighted by atomic mass is 10.1. The fraction of sp³-hybridized carbons (Fsp3) is 0.235. The summed E-state index contributed by atoms with van der Waals surface area (Å²) in [6, 6.07) is 12.2. The Morgan fingerprint density at radius 1 is 1.14 bits per heavy atom. The maximum atomic E-state index is 6.05. The summed E-state index contributed by atoms with van der Waals surface area (Å²) in [7, 11) is 2.03. The molecule has 0 spiro atoms. The van der Waals surface area contributed by atoms with Crippen LogP contribution in [0.3, 0.4) is 0 Å². The van der Waals surface area contributed by atoms with Gasteiger partial charge in [-0.25, -0.2) is 4.98 Å². The first kappa shape index (κ1) is 12.4. The van der Waals surface area contributed by atoms with E-state index in [1.54, 1.807) is 0 Å². The Morgan fingerprint density at radius 2 is 2.00 bits per heavy atom. The molecule has 106 valence electrons. The standard InChI is InChI=1S/C17H17N3O/c1-20-14-5-3-2-4-13(14)19-17(20)16-7-6-15(21-16)12-8-10-18-11-9-12/h2-8,18H,9-11H2,1H3/p+1. The van der Waals surface area contributed by atoms with Crippen molar-refractivity contribution >= 4 is 16.6 Å². The zero-order valence-electron chi connectivity index (χ0n) is 12.0. The van der Waals surface area contributed by atoms with Crippen LogP contribution in [0.4, 0.5) is 0 Å². The number of aromatic nitrogens is 2. The highest BCUT2D eigenvalue weighted by Gasteiger charge is 2.16. The summed E-state index contributed by atoms with van der Waals surface area (Å²) in [5, 5.41) is 2.30. The minimum Gasteiger partial charge on any atom is -0.453 e. The van der Waals surface area contributed by atoms with Gasteiger partial charge in [-0.2, -0.15) is 0 Å². The molecule has 1 aliphatic rings. The number of hydrogen-bond acceptors (Lipinski definition) is 2. The molecule has 1 aliphatic heterocycles. The number of benzene rings is 1. The van der Waals surface area contributed by atoms with Gasteiger partial charge in [-0.05, 0) is 30.3 Å². The van der Waals surface area contributed by atoms with E-state index in [9.17, 15) is 0 Å². The van der Waals surface area contributed by atoms with Crippen LogP contribution >= 0.6 is 0 Å². The van der Waals surface area contributed by atoms with Crippen molar-refractivity contribution in [1.82, 2.24) is 9.55 Å². The molecule has 3 aromatic rings. The zero-order valence-corrected chi connectivity index (χ0v) is 12.0. The van der Waals surface area contributed by atoms with Gasteiger partial charge in [0.2, 0.25) is 0 Å². The van der Waals surface area contributed by atoms with Crippen molar-refractivity contribution < 1.29 is 9.73 Å². The van der Waals surface area contributed by atoms with Crippen LogP contribution < -0.4 is 5.32 Å². The molecule has 1 aromatic carbocycles. The average molecular weight is 280 g/mol. The van der Waals surface area contributed by atoms with Gasteiger partial charge in [0, 0.05) is 19.0 Å². The van der Waals surface area contributed by atoms with E-state index in [0.29, 0.717) is 0 Å². The van der Waals surface area contributed by atoms with Gasteiger partial charge in [0.15, 0.2) is 11.6 Å². The van der Waals surface area contributed by atoms with E-state index in [1.165, 1.54) is 5.57 Å². The number of para-hydroxylation sites is 2. The molecule has 0 saturated carbocycles. The number of aryl methyl sites for hydroxylation is 1. The van der Waals surface area contributed by atoms with Crippen molar-refractivity contribution in [1.29, 1.82) is 0 Å². The van der Waals surface area contributed by atoms with Gasteiger partial charge >= 0.3 is 0 Å². The van der Waals surface area contributed by atoms with E-state index >= 15 is 0 Å². The zero-order chi connectivity index (χ0) is 14.2. The molecule has 0 atom stereocenters. The van der Waals surface area contributed by atoms with E-state index in [1.807, 2.05) is 31.3 Å². The molecule has 0 aliphatic carbocycles. The normalized spacial score (nSPS) is 15.4. The van der Waals surface area contributed by atoms with E-state index < -0.39 is 0 Å². The molecule has 4 rings (SSSR count). The highest BCUT2D eigenvalue weighted by Crippen LogP contribution is 2.28. The Hall–Kier alpha value is -2.33. The molecule has 21 heavy (non-hydrogen) atoms. The molecule has 0 unspecified atom stereocenters. The van der Waals surface area contributed by atoms with Crippen LogP contribution in [0.1, 0.15) is 12.2 Å². The summed E-state index contributed by atoms with van der Waals surface area (Å²) in [5.41, 5.74) is 3.43. The molecule has 2 aromatic heterocycles. The Balaban J connectivity index is 1.77. The molecule has 0 radical (unpaired) electrons. The maximum absolute atomic E-state index is 6.05. The number of rotatable bonds is 2. The third kappa shape index (κ3) is 2.08. The Labute approximate surface area is 123 Å². The first-order valence-electron chi connectivity index (χ1n) is 7.35. The number of imidazole rings is 1. The fourth-order valence-electron chi connectivity index (χ4n) is 2.92. The number of hydrogen-bond donors (Lipinski definition) is 1. The number of nitrogens with two attached hydrogens (primary N) is 1. The summed E-state index contributed by atoms with van der Waals surface area (Å²) in [5.74, 6) is 2.69.